The van der Waals surface area contributed by atoms with Crippen LogP contribution in [0.5, 0.6) is 0 Å². The van der Waals surface area contributed by atoms with E-state index < -0.39 is 4.92 Å². The van der Waals surface area contributed by atoms with E-state index in [-0.39, 0.29) is 30.8 Å². The molecule has 8 nitrogen and oxygen atoms in total. The summed E-state index contributed by atoms with van der Waals surface area (Å²) in [4.78, 5) is 21.6. The first-order chi connectivity index (χ1) is 9.60. The molecule has 1 saturated carbocycles. The number of nitro groups is 1. The number of rotatable bonds is 6. The second kappa shape index (κ2) is 6.47. The van der Waals surface area contributed by atoms with E-state index in [0.29, 0.717) is 12.5 Å². The molecule has 0 aliphatic heterocycles. The van der Waals surface area contributed by atoms with Crippen molar-refractivity contribution in [2.24, 2.45) is 11.8 Å². The lowest BCUT2D eigenvalue weighted by Crippen LogP contribution is -2.34. The van der Waals surface area contributed by atoms with Crippen LogP contribution in [-0.2, 0) is 11.3 Å². The molecule has 2 N–H and O–H groups in total. The quantitative estimate of drug-likeness (QED) is 0.576. The highest BCUT2D eigenvalue weighted by Gasteiger charge is 2.26. The van der Waals surface area contributed by atoms with Gasteiger partial charge in [0.1, 0.15) is 6.54 Å². The molecule has 1 fully saturated rings. The Kier molecular flexibility index (Phi) is 4.67. The van der Waals surface area contributed by atoms with Gasteiger partial charge in [-0.15, -0.1) is 0 Å². The third-order valence-corrected chi connectivity index (χ3v) is 3.73. The maximum Gasteiger partial charge on any atom is 0.389 e. The number of nitrogens with one attached hydrogen (secondary N) is 1. The highest BCUT2D eigenvalue weighted by Crippen LogP contribution is 2.30. The fourth-order valence-electron chi connectivity index (χ4n) is 2.61. The number of carbonyl (C=O) groups excluding carboxylic acids is 1. The van der Waals surface area contributed by atoms with Gasteiger partial charge >= 0.3 is 5.82 Å². The molecule has 1 aliphatic carbocycles. The summed E-state index contributed by atoms with van der Waals surface area (Å²) in [5.41, 5.74) is 0. The first-order valence-corrected chi connectivity index (χ1v) is 6.65. The molecule has 2 atom stereocenters. The van der Waals surface area contributed by atoms with Crippen LogP contribution in [0.3, 0.4) is 0 Å². The summed E-state index contributed by atoms with van der Waals surface area (Å²) in [6.07, 6.45) is 4.50. The number of aliphatic hydroxyl groups is 1. The van der Waals surface area contributed by atoms with E-state index in [9.17, 15) is 20.0 Å². The van der Waals surface area contributed by atoms with Gasteiger partial charge in [-0.05, 0) is 29.6 Å². The van der Waals surface area contributed by atoms with Crippen LogP contribution in [0.1, 0.15) is 19.3 Å². The van der Waals surface area contributed by atoms with Crippen LogP contribution in [-0.4, -0.2) is 38.9 Å². The molecule has 8 heteroatoms. The number of nitrogens with zero attached hydrogens (tertiary/aromatic N) is 3. The molecule has 1 aliphatic rings. The van der Waals surface area contributed by atoms with Crippen molar-refractivity contribution in [2.45, 2.75) is 25.8 Å². The lowest BCUT2D eigenvalue weighted by molar-refractivity contribution is -0.389. The van der Waals surface area contributed by atoms with Crippen molar-refractivity contribution < 1.29 is 14.8 Å². The average molecular weight is 282 g/mol. The van der Waals surface area contributed by atoms with Gasteiger partial charge in [0, 0.05) is 13.2 Å². The topological polar surface area (TPSA) is 110 Å². The van der Waals surface area contributed by atoms with Crippen LogP contribution in [0.25, 0.3) is 0 Å². The van der Waals surface area contributed by atoms with E-state index in [1.807, 2.05) is 0 Å². The predicted molar refractivity (Wildman–Crippen MR) is 69.8 cm³/mol. The largest absolute Gasteiger partial charge is 0.396 e. The van der Waals surface area contributed by atoms with Crippen LogP contribution < -0.4 is 5.32 Å². The molecule has 1 aromatic rings. The summed E-state index contributed by atoms with van der Waals surface area (Å²) in [5.74, 6) is 0.0810. The van der Waals surface area contributed by atoms with E-state index in [1.54, 1.807) is 0 Å². The summed E-state index contributed by atoms with van der Waals surface area (Å²) in [7, 11) is 0. The molecule has 1 heterocycles. The first kappa shape index (κ1) is 14.4. The lowest BCUT2D eigenvalue weighted by atomic mass is 9.97. The molecule has 0 radical (unpaired) electrons. The van der Waals surface area contributed by atoms with Crippen molar-refractivity contribution in [3.63, 3.8) is 0 Å². The minimum atomic E-state index is -0.598. The predicted octanol–water partition coefficient (Wildman–Crippen LogP) is 0.316. The molecule has 0 bridgehead atoms. The second-order valence-corrected chi connectivity index (χ2v) is 5.07. The number of aliphatic hydroxyl groups excluding tert-OH is 1. The molecule has 20 heavy (non-hydrogen) atoms. The van der Waals surface area contributed by atoms with Gasteiger partial charge in [-0.3, -0.25) is 4.79 Å². The molecule has 0 saturated heterocycles. The Morgan fingerprint density at radius 3 is 2.95 bits per heavy atom. The van der Waals surface area contributed by atoms with Crippen molar-refractivity contribution in [2.75, 3.05) is 13.2 Å². The van der Waals surface area contributed by atoms with Gasteiger partial charge in [0.2, 0.25) is 5.91 Å². The minimum absolute atomic E-state index is 0.0373. The number of hydrogen-bond acceptors (Lipinski definition) is 5. The number of aromatic nitrogens is 2. The van der Waals surface area contributed by atoms with Gasteiger partial charge in [-0.2, -0.15) is 4.68 Å². The van der Waals surface area contributed by atoms with Crippen molar-refractivity contribution in [1.29, 1.82) is 0 Å². The number of carbonyl (C=O) groups is 1. The first-order valence-electron chi connectivity index (χ1n) is 6.65. The average Bonchev–Trinajstić information content (AvgIpc) is 3.04. The molecular weight excluding hydrogens is 264 g/mol. The summed E-state index contributed by atoms with van der Waals surface area (Å²) in [6.45, 7) is 0.656. The molecular formula is C12H18N4O4. The van der Waals surface area contributed by atoms with Crippen molar-refractivity contribution in [3.8, 4) is 0 Å². The standard InChI is InChI=1S/C12H18N4O4/c17-8-10-3-1-2-9(10)6-13-12(18)7-15-5-4-11(14-15)16(19)20/h4-5,9-10,17H,1-3,6-8H2,(H,13,18). The van der Waals surface area contributed by atoms with Gasteiger partial charge in [0.15, 0.2) is 0 Å². The van der Waals surface area contributed by atoms with Crippen LogP contribution in [0.2, 0.25) is 0 Å². The Balaban J connectivity index is 1.78. The van der Waals surface area contributed by atoms with Crippen LogP contribution in [0, 0.1) is 22.0 Å². The Bertz CT molecular complexity index is 488. The summed E-state index contributed by atoms with van der Waals surface area (Å²) in [6, 6.07) is 1.26. The van der Waals surface area contributed by atoms with Crippen molar-refractivity contribution in [1.82, 2.24) is 15.1 Å². The maximum atomic E-state index is 11.7. The smallest absolute Gasteiger partial charge is 0.389 e. The third kappa shape index (κ3) is 3.53. The summed E-state index contributed by atoms with van der Waals surface area (Å²) in [5, 5.41) is 26.1. The highest BCUT2D eigenvalue weighted by molar-refractivity contribution is 5.75. The molecule has 110 valence electrons. The van der Waals surface area contributed by atoms with Crippen LogP contribution in [0.4, 0.5) is 5.82 Å². The maximum absolute atomic E-state index is 11.7. The fraction of sp³-hybridized carbons (Fsp3) is 0.667. The fourth-order valence-corrected chi connectivity index (χ4v) is 2.61. The zero-order valence-corrected chi connectivity index (χ0v) is 11.1. The normalized spacial score (nSPS) is 21.9. The summed E-state index contributed by atoms with van der Waals surface area (Å²) >= 11 is 0. The van der Waals surface area contributed by atoms with Crippen molar-refractivity contribution >= 4 is 11.7 Å². The Morgan fingerprint density at radius 1 is 1.55 bits per heavy atom. The van der Waals surface area contributed by atoms with Gasteiger partial charge in [0.25, 0.3) is 0 Å². The molecule has 0 aromatic carbocycles. The van der Waals surface area contributed by atoms with Gasteiger partial charge in [-0.25, -0.2) is 0 Å². The Morgan fingerprint density at radius 2 is 2.30 bits per heavy atom. The molecule has 1 aromatic heterocycles. The monoisotopic (exact) mass is 282 g/mol. The highest BCUT2D eigenvalue weighted by atomic mass is 16.6. The van der Waals surface area contributed by atoms with Gasteiger partial charge in [0.05, 0.1) is 17.4 Å². The Hall–Kier alpha value is -1.96. The van der Waals surface area contributed by atoms with E-state index in [2.05, 4.69) is 10.4 Å². The third-order valence-electron chi connectivity index (χ3n) is 3.73. The van der Waals surface area contributed by atoms with Crippen LogP contribution >= 0.6 is 0 Å². The molecule has 0 spiro atoms. The lowest BCUT2D eigenvalue weighted by Gasteiger charge is -2.17. The Labute approximate surface area is 115 Å². The second-order valence-electron chi connectivity index (χ2n) is 5.07. The molecule has 2 rings (SSSR count). The van der Waals surface area contributed by atoms with Gasteiger partial charge in [-0.1, -0.05) is 6.42 Å². The van der Waals surface area contributed by atoms with E-state index in [0.717, 1.165) is 19.3 Å². The van der Waals surface area contributed by atoms with E-state index in [4.69, 9.17) is 0 Å². The summed E-state index contributed by atoms with van der Waals surface area (Å²) < 4.78 is 1.24. The molecule has 2 unspecified atom stereocenters. The SMILES string of the molecule is O=C(Cn1ccc([N+](=O)[O-])n1)NCC1CCCC1CO. The zero-order valence-electron chi connectivity index (χ0n) is 11.1. The number of amides is 1. The van der Waals surface area contributed by atoms with E-state index in [1.165, 1.54) is 16.9 Å². The van der Waals surface area contributed by atoms with E-state index >= 15 is 0 Å². The van der Waals surface area contributed by atoms with Gasteiger partial charge < -0.3 is 20.5 Å². The zero-order chi connectivity index (χ0) is 14.5. The van der Waals surface area contributed by atoms with Crippen molar-refractivity contribution in [3.05, 3.63) is 22.4 Å². The minimum Gasteiger partial charge on any atom is -0.396 e. The molecule has 1 amide bonds. The van der Waals surface area contributed by atoms with Crippen LogP contribution in [0.15, 0.2) is 12.3 Å². The number of hydrogen-bond donors (Lipinski definition) is 2.